The van der Waals surface area contributed by atoms with Crippen LogP contribution in [-0.2, 0) is 22.3 Å². The molecule has 33 heavy (non-hydrogen) atoms. The van der Waals surface area contributed by atoms with E-state index in [2.05, 4.69) is 10.3 Å². The van der Waals surface area contributed by atoms with E-state index in [0.29, 0.717) is 11.3 Å². The molecular formula is C25H20F3N3O2. The van der Waals surface area contributed by atoms with Crippen LogP contribution in [0.2, 0.25) is 0 Å². The Bertz CT molecular complexity index is 1270. The summed E-state index contributed by atoms with van der Waals surface area (Å²) in [5, 5.41) is 2.78. The van der Waals surface area contributed by atoms with Gasteiger partial charge in [-0.15, -0.1) is 0 Å². The molecule has 0 aliphatic carbocycles. The first-order chi connectivity index (χ1) is 15.6. The molecule has 2 amide bonds. The largest absolute Gasteiger partial charge is 0.416 e. The van der Waals surface area contributed by atoms with Crippen LogP contribution >= 0.6 is 0 Å². The average Bonchev–Trinajstić information content (AvgIpc) is 3.00. The van der Waals surface area contributed by atoms with Crippen molar-refractivity contribution in [2.45, 2.75) is 26.6 Å². The van der Waals surface area contributed by atoms with Crippen molar-refractivity contribution in [2.75, 3.05) is 5.32 Å². The fourth-order valence-electron chi connectivity index (χ4n) is 3.57. The first kappa shape index (κ1) is 22.3. The quantitative estimate of drug-likeness (QED) is 0.548. The summed E-state index contributed by atoms with van der Waals surface area (Å²) in [6.07, 6.45) is -2.98. The van der Waals surface area contributed by atoms with Crippen molar-refractivity contribution in [3.8, 4) is 0 Å². The normalized spacial score (nSPS) is 14.3. The van der Waals surface area contributed by atoms with Crippen LogP contribution in [0, 0.1) is 13.8 Å². The molecule has 2 aromatic carbocycles. The van der Waals surface area contributed by atoms with Crippen molar-refractivity contribution in [1.29, 1.82) is 0 Å². The minimum atomic E-state index is -4.54. The molecule has 0 atom stereocenters. The number of halogens is 3. The second-order valence-corrected chi connectivity index (χ2v) is 7.77. The summed E-state index contributed by atoms with van der Waals surface area (Å²) in [7, 11) is 0. The van der Waals surface area contributed by atoms with Crippen molar-refractivity contribution in [2.24, 2.45) is 0 Å². The summed E-state index contributed by atoms with van der Waals surface area (Å²) in [5.41, 5.74) is 2.18. The molecule has 1 aliphatic heterocycles. The molecule has 0 unspecified atom stereocenters. The maximum Gasteiger partial charge on any atom is 0.416 e. The van der Waals surface area contributed by atoms with Gasteiger partial charge in [0.15, 0.2) is 0 Å². The summed E-state index contributed by atoms with van der Waals surface area (Å²) in [6.45, 7) is 3.75. The highest BCUT2D eigenvalue weighted by Crippen LogP contribution is 2.34. The number of hydrogen-bond acceptors (Lipinski definition) is 4. The topological polar surface area (TPSA) is 62.3 Å². The van der Waals surface area contributed by atoms with Crippen LogP contribution in [0.3, 0.4) is 0 Å². The average molecular weight is 451 g/mol. The standard InChI is InChI=1S/C25H20F3N3O2/c1-15-9-10-17(12-16(15)2)21-22(30-19-8-5-6-18(13-19)25(26,27)28)24(33)31(23(21)32)14-20-7-3-4-11-29-20/h3-13,30H,14H2,1-2H3. The first-order valence-electron chi connectivity index (χ1n) is 10.2. The third-order valence-electron chi connectivity index (χ3n) is 5.47. The zero-order valence-corrected chi connectivity index (χ0v) is 17.9. The number of aromatic nitrogens is 1. The molecule has 168 valence electrons. The van der Waals surface area contributed by atoms with Gasteiger partial charge >= 0.3 is 6.18 Å². The SMILES string of the molecule is Cc1ccc(C2=C(Nc3cccc(C(F)(F)F)c3)C(=O)N(Cc3ccccn3)C2=O)cc1C. The van der Waals surface area contributed by atoms with E-state index in [0.717, 1.165) is 28.2 Å². The van der Waals surface area contributed by atoms with Gasteiger partial charge in [0.1, 0.15) is 5.70 Å². The van der Waals surface area contributed by atoms with E-state index < -0.39 is 23.6 Å². The number of nitrogens with zero attached hydrogens (tertiary/aromatic N) is 2. The van der Waals surface area contributed by atoms with E-state index in [-0.39, 0.29) is 23.5 Å². The Morgan fingerprint density at radius 1 is 0.909 bits per heavy atom. The Morgan fingerprint density at radius 3 is 2.36 bits per heavy atom. The van der Waals surface area contributed by atoms with Crippen LogP contribution in [0.5, 0.6) is 0 Å². The Labute approximate surface area is 188 Å². The number of alkyl halides is 3. The van der Waals surface area contributed by atoms with Gasteiger partial charge in [-0.1, -0.05) is 30.3 Å². The Balaban J connectivity index is 1.77. The van der Waals surface area contributed by atoms with Crippen LogP contribution in [0.15, 0.2) is 72.6 Å². The number of carbonyl (C=O) groups is 2. The smallest absolute Gasteiger partial charge is 0.350 e. The van der Waals surface area contributed by atoms with E-state index in [1.807, 2.05) is 19.9 Å². The van der Waals surface area contributed by atoms with Crippen LogP contribution in [0.25, 0.3) is 5.57 Å². The molecule has 0 saturated heterocycles. The molecule has 1 aliphatic rings. The molecule has 0 spiro atoms. The molecule has 3 aromatic rings. The third kappa shape index (κ3) is 4.50. The van der Waals surface area contributed by atoms with Crippen molar-refractivity contribution in [3.63, 3.8) is 0 Å². The fraction of sp³-hybridized carbons (Fsp3) is 0.160. The highest BCUT2D eigenvalue weighted by atomic mass is 19.4. The number of rotatable bonds is 5. The zero-order chi connectivity index (χ0) is 23.8. The minimum absolute atomic E-state index is 0.0549. The summed E-state index contributed by atoms with van der Waals surface area (Å²) in [6, 6.07) is 15.0. The lowest BCUT2D eigenvalue weighted by atomic mass is 9.99. The Hall–Kier alpha value is -3.94. The summed E-state index contributed by atoms with van der Waals surface area (Å²) in [5.74, 6) is -1.17. The maximum atomic E-state index is 13.3. The molecule has 4 rings (SSSR count). The zero-order valence-electron chi connectivity index (χ0n) is 17.9. The van der Waals surface area contributed by atoms with Gasteiger partial charge in [0.2, 0.25) is 0 Å². The van der Waals surface area contributed by atoms with Gasteiger partial charge in [-0.2, -0.15) is 13.2 Å². The summed E-state index contributed by atoms with van der Waals surface area (Å²) in [4.78, 5) is 31.8. The van der Waals surface area contributed by atoms with Crippen LogP contribution in [-0.4, -0.2) is 21.7 Å². The van der Waals surface area contributed by atoms with Gasteiger partial charge in [-0.05, 0) is 60.9 Å². The number of nitrogens with one attached hydrogen (secondary N) is 1. The molecule has 1 N–H and O–H groups in total. The highest BCUT2D eigenvalue weighted by Gasteiger charge is 2.40. The van der Waals surface area contributed by atoms with Crippen molar-refractivity contribution < 1.29 is 22.8 Å². The number of imide groups is 1. The maximum absolute atomic E-state index is 13.3. The van der Waals surface area contributed by atoms with Crippen LogP contribution in [0.4, 0.5) is 18.9 Å². The van der Waals surface area contributed by atoms with E-state index in [9.17, 15) is 22.8 Å². The lowest BCUT2D eigenvalue weighted by Gasteiger charge is -2.15. The molecule has 8 heteroatoms. The van der Waals surface area contributed by atoms with Gasteiger partial charge in [-0.25, -0.2) is 0 Å². The Kier molecular flexibility index (Phi) is 5.76. The summed E-state index contributed by atoms with van der Waals surface area (Å²) >= 11 is 0. The number of amides is 2. The highest BCUT2D eigenvalue weighted by molar-refractivity contribution is 6.36. The Morgan fingerprint density at radius 2 is 1.70 bits per heavy atom. The lowest BCUT2D eigenvalue weighted by molar-refractivity contribution is -0.138. The first-order valence-corrected chi connectivity index (χ1v) is 10.2. The van der Waals surface area contributed by atoms with Crippen LogP contribution < -0.4 is 5.32 Å². The van der Waals surface area contributed by atoms with E-state index in [1.165, 1.54) is 12.1 Å². The second-order valence-electron chi connectivity index (χ2n) is 7.77. The van der Waals surface area contributed by atoms with Gasteiger partial charge < -0.3 is 5.32 Å². The number of benzene rings is 2. The van der Waals surface area contributed by atoms with Gasteiger partial charge in [-0.3, -0.25) is 19.5 Å². The van der Waals surface area contributed by atoms with E-state index in [1.54, 1.807) is 36.5 Å². The second kappa shape index (κ2) is 8.54. The number of pyridine rings is 1. The number of aryl methyl sites for hydroxylation is 2. The molecular weight excluding hydrogens is 431 g/mol. The monoisotopic (exact) mass is 451 g/mol. The predicted molar refractivity (Wildman–Crippen MR) is 118 cm³/mol. The van der Waals surface area contributed by atoms with Crippen LogP contribution in [0.1, 0.15) is 27.9 Å². The predicted octanol–water partition coefficient (Wildman–Crippen LogP) is 5.11. The molecule has 0 fully saturated rings. The van der Waals surface area contributed by atoms with Crippen molar-refractivity contribution in [3.05, 3.63) is 101 Å². The lowest BCUT2D eigenvalue weighted by Crippen LogP contribution is -2.32. The molecule has 5 nitrogen and oxygen atoms in total. The molecule has 0 radical (unpaired) electrons. The fourth-order valence-corrected chi connectivity index (χ4v) is 3.57. The van der Waals surface area contributed by atoms with E-state index >= 15 is 0 Å². The van der Waals surface area contributed by atoms with Crippen molar-refractivity contribution >= 4 is 23.1 Å². The van der Waals surface area contributed by atoms with E-state index in [4.69, 9.17) is 0 Å². The number of carbonyl (C=O) groups excluding carboxylic acids is 2. The summed E-state index contributed by atoms with van der Waals surface area (Å²) < 4.78 is 39.5. The molecule has 0 bridgehead atoms. The minimum Gasteiger partial charge on any atom is -0.350 e. The van der Waals surface area contributed by atoms with Gasteiger partial charge in [0.25, 0.3) is 11.8 Å². The number of anilines is 1. The van der Waals surface area contributed by atoms with Gasteiger partial charge in [0.05, 0.1) is 23.4 Å². The van der Waals surface area contributed by atoms with Gasteiger partial charge in [0, 0.05) is 11.9 Å². The van der Waals surface area contributed by atoms with Crippen molar-refractivity contribution in [1.82, 2.24) is 9.88 Å². The number of hydrogen-bond donors (Lipinski definition) is 1. The third-order valence-corrected chi connectivity index (χ3v) is 5.47. The molecule has 2 heterocycles. The molecule has 0 saturated carbocycles. The molecule has 1 aromatic heterocycles.